The second-order valence-corrected chi connectivity index (χ2v) is 2.77. The number of aromatic amines is 1. The number of hydrogen-bond donors (Lipinski definition) is 1. The zero-order chi connectivity index (χ0) is 9.97. The molecule has 2 aromatic heterocycles. The molecule has 4 heteroatoms. The first kappa shape index (κ1) is 8.74. The van der Waals surface area contributed by atoms with Crippen LogP contribution in [0.1, 0.15) is 0 Å². The Hall–Kier alpha value is -1.84. The summed E-state index contributed by atoms with van der Waals surface area (Å²) in [5.41, 5.74) is 0.913. The van der Waals surface area contributed by atoms with E-state index in [1.165, 1.54) is 19.2 Å². The quantitative estimate of drug-likeness (QED) is 0.792. The molecule has 0 amide bonds. The molecule has 0 aliphatic heterocycles. The number of methoxy groups -OCH3 is 1. The molecule has 2 rings (SSSR count). The monoisotopic (exact) mass is 192 g/mol. The third-order valence-electron chi connectivity index (χ3n) is 1.88. The Bertz CT molecular complexity index is 426. The predicted octanol–water partition coefficient (Wildman–Crippen LogP) is 2.22. The minimum Gasteiger partial charge on any atom is -0.481 e. The second kappa shape index (κ2) is 3.49. The van der Waals surface area contributed by atoms with Crippen molar-refractivity contribution in [2.45, 2.75) is 0 Å². The van der Waals surface area contributed by atoms with Crippen molar-refractivity contribution in [3.63, 3.8) is 0 Å². The van der Waals surface area contributed by atoms with Crippen molar-refractivity contribution in [1.82, 2.24) is 9.97 Å². The number of aromatic nitrogens is 2. The van der Waals surface area contributed by atoms with Crippen LogP contribution in [0.15, 0.2) is 30.5 Å². The Labute approximate surface area is 80.6 Å². The highest BCUT2D eigenvalue weighted by Gasteiger charge is 2.08. The van der Waals surface area contributed by atoms with Crippen molar-refractivity contribution in [2.24, 2.45) is 0 Å². The van der Waals surface area contributed by atoms with E-state index in [1.54, 1.807) is 18.3 Å². The van der Waals surface area contributed by atoms with Gasteiger partial charge in [0.1, 0.15) is 5.69 Å². The van der Waals surface area contributed by atoms with Crippen LogP contribution in [0.25, 0.3) is 11.4 Å². The van der Waals surface area contributed by atoms with E-state index in [0.29, 0.717) is 11.6 Å². The number of halogens is 1. The maximum Gasteiger partial charge on any atom is 0.213 e. The van der Waals surface area contributed by atoms with Crippen molar-refractivity contribution in [3.05, 3.63) is 36.3 Å². The SMILES string of the molecule is COc1ccc(F)c(-c2ccc[nH]2)n1. The summed E-state index contributed by atoms with van der Waals surface area (Å²) >= 11 is 0. The Kier molecular flexibility index (Phi) is 2.18. The first-order valence-corrected chi connectivity index (χ1v) is 4.15. The topological polar surface area (TPSA) is 37.9 Å². The van der Waals surface area contributed by atoms with Crippen molar-refractivity contribution in [3.8, 4) is 17.3 Å². The largest absolute Gasteiger partial charge is 0.481 e. The minimum absolute atomic E-state index is 0.273. The fraction of sp³-hybridized carbons (Fsp3) is 0.100. The van der Waals surface area contributed by atoms with Gasteiger partial charge in [-0.15, -0.1) is 0 Å². The maximum absolute atomic E-state index is 13.3. The molecule has 0 unspecified atom stereocenters. The molecule has 2 heterocycles. The number of rotatable bonds is 2. The Balaban J connectivity index is 2.51. The average molecular weight is 192 g/mol. The van der Waals surface area contributed by atoms with Crippen LogP contribution in [0.3, 0.4) is 0 Å². The van der Waals surface area contributed by atoms with Gasteiger partial charge in [0, 0.05) is 12.3 Å². The van der Waals surface area contributed by atoms with Gasteiger partial charge in [-0.3, -0.25) is 0 Å². The van der Waals surface area contributed by atoms with Gasteiger partial charge in [-0.2, -0.15) is 0 Å². The molecule has 0 saturated heterocycles. The highest BCUT2D eigenvalue weighted by atomic mass is 19.1. The van der Waals surface area contributed by atoms with Gasteiger partial charge in [0.25, 0.3) is 0 Å². The summed E-state index contributed by atoms with van der Waals surface area (Å²) in [5, 5.41) is 0. The van der Waals surface area contributed by atoms with Gasteiger partial charge in [-0.1, -0.05) is 0 Å². The lowest BCUT2D eigenvalue weighted by molar-refractivity contribution is 0.396. The van der Waals surface area contributed by atoms with Crippen LogP contribution in [-0.4, -0.2) is 17.1 Å². The summed E-state index contributed by atoms with van der Waals surface area (Å²) in [6.07, 6.45) is 1.72. The first-order chi connectivity index (χ1) is 6.81. The van der Waals surface area contributed by atoms with Gasteiger partial charge < -0.3 is 9.72 Å². The average Bonchev–Trinajstić information content (AvgIpc) is 2.71. The van der Waals surface area contributed by atoms with Gasteiger partial charge >= 0.3 is 0 Å². The molecular weight excluding hydrogens is 183 g/mol. The van der Waals surface area contributed by atoms with Crippen molar-refractivity contribution < 1.29 is 9.13 Å². The third kappa shape index (κ3) is 1.46. The zero-order valence-corrected chi connectivity index (χ0v) is 7.62. The zero-order valence-electron chi connectivity index (χ0n) is 7.62. The minimum atomic E-state index is -0.367. The molecule has 3 nitrogen and oxygen atoms in total. The summed E-state index contributed by atoms with van der Waals surface area (Å²) in [7, 11) is 1.50. The molecule has 1 N–H and O–H groups in total. The number of hydrogen-bond acceptors (Lipinski definition) is 2. The van der Waals surface area contributed by atoms with E-state index in [4.69, 9.17) is 4.74 Å². The summed E-state index contributed by atoms with van der Waals surface area (Å²) in [6, 6.07) is 6.37. The molecule has 0 aliphatic rings. The van der Waals surface area contributed by atoms with Gasteiger partial charge in [0.05, 0.1) is 12.8 Å². The van der Waals surface area contributed by atoms with E-state index in [9.17, 15) is 4.39 Å². The van der Waals surface area contributed by atoms with Crippen LogP contribution in [0.2, 0.25) is 0 Å². The molecule has 0 spiro atoms. The highest BCUT2D eigenvalue weighted by Crippen LogP contribution is 2.21. The molecule has 0 saturated carbocycles. The molecule has 0 atom stereocenters. The number of nitrogens with zero attached hydrogens (tertiary/aromatic N) is 1. The first-order valence-electron chi connectivity index (χ1n) is 4.15. The van der Waals surface area contributed by atoms with Crippen LogP contribution in [0.5, 0.6) is 5.88 Å². The molecule has 0 aliphatic carbocycles. The standard InChI is InChI=1S/C10H9FN2O/c1-14-9-5-4-7(11)10(13-9)8-3-2-6-12-8/h2-6,12H,1H3. The van der Waals surface area contributed by atoms with Gasteiger partial charge in [0.2, 0.25) is 5.88 Å². The van der Waals surface area contributed by atoms with Crippen molar-refractivity contribution >= 4 is 0 Å². The lowest BCUT2D eigenvalue weighted by Gasteiger charge is -2.02. The van der Waals surface area contributed by atoms with Crippen LogP contribution in [0.4, 0.5) is 4.39 Å². The lowest BCUT2D eigenvalue weighted by atomic mass is 10.2. The van der Waals surface area contributed by atoms with Gasteiger partial charge in [-0.25, -0.2) is 9.37 Å². The normalized spacial score (nSPS) is 10.1. The fourth-order valence-electron chi connectivity index (χ4n) is 1.20. The summed E-state index contributed by atoms with van der Waals surface area (Å²) in [4.78, 5) is 6.89. The number of nitrogens with one attached hydrogen (secondary N) is 1. The van der Waals surface area contributed by atoms with Crippen LogP contribution < -0.4 is 4.74 Å². The summed E-state index contributed by atoms with van der Waals surface area (Å²) < 4.78 is 18.2. The Morgan fingerprint density at radius 1 is 1.36 bits per heavy atom. The van der Waals surface area contributed by atoms with Gasteiger partial charge in [-0.05, 0) is 18.2 Å². The maximum atomic E-state index is 13.3. The predicted molar refractivity (Wildman–Crippen MR) is 50.5 cm³/mol. The molecule has 2 aromatic rings. The highest BCUT2D eigenvalue weighted by molar-refractivity contribution is 5.55. The van der Waals surface area contributed by atoms with Crippen LogP contribution >= 0.6 is 0 Å². The second-order valence-electron chi connectivity index (χ2n) is 2.77. The lowest BCUT2D eigenvalue weighted by Crippen LogP contribution is -1.93. The smallest absolute Gasteiger partial charge is 0.213 e. The van der Waals surface area contributed by atoms with Crippen LogP contribution in [0, 0.1) is 5.82 Å². The molecule has 0 fully saturated rings. The molecule has 0 radical (unpaired) electrons. The van der Waals surface area contributed by atoms with E-state index in [1.807, 2.05) is 0 Å². The number of H-pyrrole nitrogens is 1. The van der Waals surface area contributed by atoms with Gasteiger partial charge in [0.15, 0.2) is 5.82 Å². The van der Waals surface area contributed by atoms with E-state index in [2.05, 4.69) is 9.97 Å². The third-order valence-corrected chi connectivity index (χ3v) is 1.88. The van der Waals surface area contributed by atoms with E-state index < -0.39 is 0 Å². The molecular formula is C10H9FN2O. The summed E-state index contributed by atoms with van der Waals surface area (Å²) in [5.74, 6) is 0.0317. The van der Waals surface area contributed by atoms with E-state index in [-0.39, 0.29) is 11.5 Å². The van der Waals surface area contributed by atoms with Crippen molar-refractivity contribution in [2.75, 3.05) is 7.11 Å². The molecule has 0 bridgehead atoms. The fourth-order valence-corrected chi connectivity index (χ4v) is 1.20. The van der Waals surface area contributed by atoms with E-state index >= 15 is 0 Å². The van der Waals surface area contributed by atoms with E-state index in [0.717, 1.165) is 0 Å². The van der Waals surface area contributed by atoms with Crippen molar-refractivity contribution in [1.29, 1.82) is 0 Å². The number of ether oxygens (including phenoxy) is 1. The Morgan fingerprint density at radius 2 is 2.21 bits per heavy atom. The molecule has 0 aromatic carbocycles. The summed E-state index contributed by atoms with van der Waals surface area (Å²) in [6.45, 7) is 0. The molecule has 72 valence electrons. The Morgan fingerprint density at radius 3 is 2.86 bits per heavy atom. The molecule has 14 heavy (non-hydrogen) atoms. The van der Waals surface area contributed by atoms with Crippen LogP contribution in [-0.2, 0) is 0 Å². The number of pyridine rings is 1.